The summed E-state index contributed by atoms with van der Waals surface area (Å²) in [6.45, 7) is 5.45. The van der Waals surface area contributed by atoms with Crippen LogP contribution in [0.1, 0.15) is 19.3 Å². The second-order valence-electron chi connectivity index (χ2n) is 3.97. The number of allylic oxidation sites excluding steroid dienone is 1. The maximum absolute atomic E-state index is 11.8. The van der Waals surface area contributed by atoms with Crippen LogP contribution in [0.5, 0.6) is 0 Å². The maximum atomic E-state index is 11.8. The molecule has 0 radical (unpaired) electrons. The number of halogens is 1. The summed E-state index contributed by atoms with van der Waals surface area (Å²) in [5, 5.41) is 0. The van der Waals surface area contributed by atoms with E-state index >= 15 is 0 Å². The zero-order valence-electron chi connectivity index (χ0n) is 9.47. The molecule has 0 unspecified atom stereocenters. The third-order valence-electron chi connectivity index (χ3n) is 2.88. The molecule has 2 N–H and O–H groups in total. The minimum absolute atomic E-state index is 0. The molecule has 96 valence electrons. The summed E-state index contributed by atoms with van der Waals surface area (Å²) in [5.74, 6) is 0.680. The van der Waals surface area contributed by atoms with Crippen molar-refractivity contribution in [2.24, 2.45) is 11.7 Å². The second kappa shape index (κ2) is 7.27. The molecule has 0 spiro atoms. The first-order valence-electron chi connectivity index (χ1n) is 5.39. The molecule has 16 heavy (non-hydrogen) atoms. The molecule has 0 aromatic carbocycles. The zero-order chi connectivity index (χ0) is 11.3. The molecular weight excluding hydrogens is 248 g/mol. The number of hydrogen-bond acceptors (Lipinski definition) is 3. The van der Waals surface area contributed by atoms with Crippen molar-refractivity contribution < 1.29 is 8.42 Å². The van der Waals surface area contributed by atoms with Gasteiger partial charge in [0.2, 0.25) is 10.0 Å². The lowest BCUT2D eigenvalue weighted by molar-refractivity contribution is 0.278. The van der Waals surface area contributed by atoms with E-state index in [1.807, 2.05) is 0 Å². The van der Waals surface area contributed by atoms with E-state index in [2.05, 4.69) is 6.58 Å². The van der Waals surface area contributed by atoms with Crippen LogP contribution in [0.3, 0.4) is 0 Å². The molecule has 4 nitrogen and oxygen atoms in total. The van der Waals surface area contributed by atoms with Gasteiger partial charge in [-0.1, -0.05) is 6.08 Å². The quantitative estimate of drug-likeness (QED) is 0.756. The van der Waals surface area contributed by atoms with Crippen molar-refractivity contribution in [1.82, 2.24) is 4.31 Å². The van der Waals surface area contributed by atoms with E-state index < -0.39 is 10.0 Å². The molecule has 0 aromatic heterocycles. The lowest BCUT2D eigenvalue weighted by Crippen LogP contribution is -2.41. The first-order chi connectivity index (χ1) is 7.10. The molecule has 0 aliphatic carbocycles. The van der Waals surface area contributed by atoms with E-state index in [1.165, 1.54) is 0 Å². The Kier molecular flexibility index (Phi) is 7.22. The van der Waals surface area contributed by atoms with Crippen molar-refractivity contribution in [3.05, 3.63) is 12.7 Å². The summed E-state index contributed by atoms with van der Waals surface area (Å²) in [4.78, 5) is 0. The molecule has 1 fully saturated rings. The van der Waals surface area contributed by atoms with Gasteiger partial charge in [-0.25, -0.2) is 12.7 Å². The molecule has 0 amide bonds. The van der Waals surface area contributed by atoms with Gasteiger partial charge in [0, 0.05) is 13.1 Å². The Morgan fingerprint density at radius 3 is 2.38 bits per heavy atom. The molecule has 1 aliphatic rings. The minimum Gasteiger partial charge on any atom is -0.330 e. The molecule has 0 aromatic rings. The lowest BCUT2D eigenvalue weighted by Gasteiger charge is -2.30. The Morgan fingerprint density at radius 1 is 1.38 bits per heavy atom. The van der Waals surface area contributed by atoms with Crippen molar-refractivity contribution in [2.75, 3.05) is 25.4 Å². The van der Waals surface area contributed by atoms with Crippen molar-refractivity contribution in [2.45, 2.75) is 19.3 Å². The normalized spacial score (nSPS) is 19.1. The maximum Gasteiger partial charge on any atom is 0.214 e. The van der Waals surface area contributed by atoms with Gasteiger partial charge in [0.1, 0.15) is 0 Å². The van der Waals surface area contributed by atoms with Gasteiger partial charge in [-0.15, -0.1) is 19.0 Å². The van der Waals surface area contributed by atoms with Crippen LogP contribution in [0.2, 0.25) is 0 Å². The lowest BCUT2D eigenvalue weighted by atomic mass is 9.99. The van der Waals surface area contributed by atoms with Crippen LogP contribution in [0.4, 0.5) is 0 Å². The predicted octanol–water partition coefficient (Wildman–Crippen LogP) is 0.985. The number of rotatable bonds is 5. The van der Waals surface area contributed by atoms with Gasteiger partial charge in [-0.3, -0.25) is 0 Å². The summed E-state index contributed by atoms with van der Waals surface area (Å²) in [6.07, 6.45) is 3.96. The first kappa shape index (κ1) is 15.9. The standard InChI is InChI=1S/C10H20N2O2S.ClH/c1-2-3-8-15(13,14)12-6-4-10(9-11)5-7-12;/h2,10H,1,3-9,11H2;1H. The zero-order valence-corrected chi connectivity index (χ0v) is 11.1. The van der Waals surface area contributed by atoms with Crippen LogP contribution in [0, 0.1) is 5.92 Å². The number of nitrogens with zero attached hydrogens (tertiary/aromatic N) is 1. The summed E-state index contributed by atoms with van der Waals surface area (Å²) in [6, 6.07) is 0. The van der Waals surface area contributed by atoms with Gasteiger partial charge in [0.05, 0.1) is 5.75 Å². The molecule has 6 heteroatoms. The third kappa shape index (κ3) is 4.41. The van der Waals surface area contributed by atoms with Crippen molar-refractivity contribution in [3.8, 4) is 0 Å². The van der Waals surface area contributed by atoms with Crippen LogP contribution in [0.15, 0.2) is 12.7 Å². The number of sulfonamides is 1. The average Bonchev–Trinajstić information content (AvgIpc) is 2.26. The highest BCUT2D eigenvalue weighted by Crippen LogP contribution is 2.18. The molecule has 1 saturated heterocycles. The van der Waals surface area contributed by atoms with Crippen LogP contribution in [-0.4, -0.2) is 38.1 Å². The summed E-state index contributed by atoms with van der Waals surface area (Å²) in [5.41, 5.74) is 5.56. The fourth-order valence-electron chi connectivity index (χ4n) is 1.78. The van der Waals surface area contributed by atoms with Crippen LogP contribution < -0.4 is 5.73 Å². The molecule has 0 bridgehead atoms. The highest BCUT2D eigenvalue weighted by atomic mass is 35.5. The Bertz CT molecular complexity index is 298. The van der Waals surface area contributed by atoms with Crippen LogP contribution >= 0.6 is 12.4 Å². The molecular formula is C10H21ClN2O2S. The van der Waals surface area contributed by atoms with Gasteiger partial charge >= 0.3 is 0 Å². The molecule has 1 rings (SSSR count). The fourth-order valence-corrected chi connectivity index (χ4v) is 3.27. The Labute approximate surface area is 104 Å². The van der Waals surface area contributed by atoms with E-state index in [-0.39, 0.29) is 18.2 Å². The topological polar surface area (TPSA) is 63.4 Å². The summed E-state index contributed by atoms with van der Waals surface area (Å²) < 4.78 is 25.2. The summed E-state index contributed by atoms with van der Waals surface area (Å²) in [7, 11) is -3.06. The van der Waals surface area contributed by atoms with Crippen molar-refractivity contribution >= 4 is 22.4 Å². The number of piperidine rings is 1. The summed E-state index contributed by atoms with van der Waals surface area (Å²) >= 11 is 0. The van der Waals surface area contributed by atoms with E-state index in [9.17, 15) is 8.42 Å². The predicted molar refractivity (Wildman–Crippen MR) is 69.2 cm³/mol. The van der Waals surface area contributed by atoms with Crippen molar-refractivity contribution in [3.63, 3.8) is 0 Å². The SMILES string of the molecule is C=CCCS(=O)(=O)N1CCC(CN)CC1.Cl. The highest BCUT2D eigenvalue weighted by Gasteiger charge is 2.26. The molecule has 1 aliphatic heterocycles. The average molecular weight is 269 g/mol. The second-order valence-corrected chi connectivity index (χ2v) is 6.06. The van der Waals surface area contributed by atoms with Gasteiger partial charge in [0.15, 0.2) is 0 Å². The van der Waals surface area contributed by atoms with Crippen molar-refractivity contribution in [1.29, 1.82) is 0 Å². The third-order valence-corrected chi connectivity index (χ3v) is 4.78. The Balaban J connectivity index is 0.00000225. The molecule has 0 atom stereocenters. The Morgan fingerprint density at radius 2 is 1.94 bits per heavy atom. The number of nitrogens with two attached hydrogens (primary N) is 1. The van der Waals surface area contributed by atoms with Gasteiger partial charge in [0.25, 0.3) is 0 Å². The van der Waals surface area contributed by atoms with Gasteiger partial charge in [-0.2, -0.15) is 0 Å². The molecule has 0 saturated carbocycles. The highest BCUT2D eigenvalue weighted by molar-refractivity contribution is 7.89. The van der Waals surface area contributed by atoms with Crippen LogP contribution in [0.25, 0.3) is 0 Å². The number of hydrogen-bond donors (Lipinski definition) is 1. The largest absolute Gasteiger partial charge is 0.330 e. The smallest absolute Gasteiger partial charge is 0.214 e. The van der Waals surface area contributed by atoms with Gasteiger partial charge < -0.3 is 5.73 Å². The van der Waals surface area contributed by atoms with Gasteiger partial charge in [-0.05, 0) is 31.7 Å². The first-order valence-corrected chi connectivity index (χ1v) is 7.00. The van der Waals surface area contributed by atoms with E-state index in [1.54, 1.807) is 10.4 Å². The molecule has 1 heterocycles. The van der Waals surface area contributed by atoms with E-state index in [0.717, 1.165) is 12.8 Å². The Hall–Kier alpha value is -0.100. The van der Waals surface area contributed by atoms with Crippen LogP contribution in [-0.2, 0) is 10.0 Å². The fraction of sp³-hybridized carbons (Fsp3) is 0.800. The minimum atomic E-state index is -3.06. The van der Waals surface area contributed by atoms with E-state index in [0.29, 0.717) is 32.0 Å². The monoisotopic (exact) mass is 268 g/mol. The van der Waals surface area contributed by atoms with E-state index in [4.69, 9.17) is 5.73 Å².